The summed E-state index contributed by atoms with van der Waals surface area (Å²) in [4.78, 5) is 35.4. The number of rotatable bonds is 5. The molecule has 9 heteroatoms. The highest BCUT2D eigenvalue weighted by molar-refractivity contribution is 7.11. The summed E-state index contributed by atoms with van der Waals surface area (Å²) in [6.07, 6.45) is 0. The summed E-state index contributed by atoms with van der Waals surface area (Å²) < 4.78 is 11.5. The van der Waals surface area contributed by atoms with Crippen LogP contribution < -0.4 is 19.7 Å². The Morgan fingerprint density at radius 1 is 1.21 bits per heavy atom. The van der Waals surface area contributed by atoms with E-state index in [-0.39, 0.29) is 32.5 Å². The molecule has 0 unspecified atom stereocenters. The maximum Gasteiger partial charge on any atom is 0.337 e. The van der Waals surface area contributed by atoms with Gasteiger partial charge in [0, 0.05) is 24.9 Å². The Morgan fingerprint density at radius 3 is 2.25 bits per heavy atom. The molecule has 128 valence electrons. The number of nitrogens with zero attached hydrogens (tertiary/aromatic N) is 1. The summed E-state index contributed by atoms with van der Waals surface area (Å²) in [5.74, 6) is -1.29. The number of benzene rings is 1. The first-order valence-electron chi connectivity index (χ1n) is 6.77. The summed E-state index contributed by atoms with van der Waals surface area (Å²) in [7, 11) is 4.34. The maximum atomic E-state index is 12.4. The van der Waals surface area contributed by atoms with Crippen LogP contribution in [0.5, 0.6) is 11.5 Å². The Morgan fingerprint density at radius 2 is 1.79 bits per heavy atom. The molecule has 2 rings (SSSR count). The topological polar surface area (TPSA) is 107 Å². The molecular formula is C15H16N2O6S. The van der Waals surface area contributed by atoms with Crippen LogP contribution in [0, 0.1) is 6.92 Å². The fraction of sp³-hybridized carbons (Fsp3) is 0.267. The maximum absolute atomic E-state index is 12.4. The van der Waals surface area contributed by atoms with Crippen LogP contribution in [0.1, 0.15) is 25.7 Å². The van der Waals surface area contributed by atoms with Crippen molar-refractivity contribution in [3.63, 3.8) is 0 Å². The molecule has 0 radical (unpaired) electrons. The van der Waals surface area contributed by atoms with Crippen molar-refractivity contribution in [2.45, 2.75) is 6.92 Å². The lowest BCUT2D eigenvalue weighted by Gasteiger charge is -2.13. The Balaban J connectivity index is 2.47. The molecule has 0 saturated carbocycles. The molecule has 0 atom stereocenters. The number of aromatic carboxylic acids is 1. The van der Waals surface area contributed by atoms with Gasteiger partial charge in [0.1, 0.15) is 4.88 Å². The molecule has 0 aliphatic heterocycles. The third-order valence-electron chi connectivity index (χ3n) is 3.50. The summed E-state index contributed by atoms with van der Waals surface area (Å²) in [5, 5.41) is 11.9. The van der Waals surface area contributed by atoms with Gasteiger partial charge in [0.25, 0.3) is 5.91 Å². The van der Waals surface area contributed by atoms with E-state index in [1.807, 2.05) is 0 Å². The molecule has 24 heavy (non-hydrogen) atoms. The largest absolute Gasteiger partial charge is 0.493 e. The predicted molar refractivity (Wildman–Crippen MR) is 88.8 cm³/mol. The van der Waals surface area contributed by atoms with Crippen molar-refractivity contribution < 1.29 is 24.2 Å². The zero-order chi connectivity index (χ0) is 18.0. The smallest absolute Gasteiger partial charge is 0.337 e. The predicted octanol–water partition coefficient (Wildman–Crippen LogP) is 1.72. The molecular weight excluding hydrogens is 336 g/mol. The summed E-state index contributed by atoms with van der Waals surface area (Å²) >= 11 is 0.792. The molecule has 0 aliphatic carbocycles. The van der Waals surface area contributed by atoms with Crippen LogP contribution in [-0.4, -0.2) is 35.8 Å². The van der Waals surface area contributed by atoms with E-state index in [9.17, 15) is 19.5 Å². The number of aromatic nitrogens is 1. The molecule has 2 aromatic rings. The Hall–Kier alpha value is -2.81. The van der Waals surface area contributed by atoms with Gasteiger partial charge >= 0.3 is 10.8 Å². The van der Waals surface area contributed by atoms with E-state index in [4.69, 9.17) is 9.47 Å². The van der Waals surface area contributed by atoms with Crippen molar-refractivity contribution in [3.05, 3.63) is 37.9 Å². The molecule has 0 spiro atoms. The van der Waals surface area contributed by atoms with Crippen LogP contribution in [0.3, 0.4) is 0 Å². The lowest BCUT2D eigenvalue weighted by Crippen LogP contribution is -2.15. The Labute approximate surface area is 141 Å². The van der Waals surface area contributed by atoms with Gasteiger partial charge in [0.05, 0.1) is 25.5 Å². The average molecular weight is 352 g/mol. The minimum Gasteiger partial charge on any atom is -0.493 e. The molecule has 0 fully saturated rings. The highest BCUT2D eigenvalue weighted by Gasteiger charge is 2.21. The first-order chi connectivity index (χ1) is 11.3. The molecule has 2 N–H and O–H groups in total. The normalized spacial score (nSPS) is 10.3. The number of amides is 1. The van der Waals surface area contributed by atoms with Gasteiger partial charge in [-0.15, -0.1) is 0 Å². The first-order valence-corrected chi connectivity index (χ1v) is 7.58. The van der Waals surface area contributed by atoms with Gasteiger partial charge in [-0.1, -0.05) is 11.3 Å². The molecule has 1 aromatic heterocycles. The van der Waals surface area contributed by atoms with Crippen LogP contribution in [-0.2, 0) is 7.05 Å². The quantitative estimate of drug-likeness (QED) is 0.848. The zero-order valence-corrected chi connectivity index (χ0v) is 14.3. The van der Waals surface area contributed by atoms with Gasteiger partial charge in [-0.25, -0.2) is 4.79 Å². The SMILES string of the molecule is COc1cc(NC(=O)c2sc(=O)n(C)c2C)c(C(=O)O)cc1OC. The average Bonchev–Trinajstić information content (AvgIpc) is 2.81. The fourth-order valence-corrected chi connectivity index (χ4v) is 2.94. The van der Waals surface area contributed by atoms with Crippen molar-refractivity contribution in [1.29, 1.82) is 0 Å². The van der Waals surface area contributed by atoms with Crippen LogP contribution in [0.4, 0.5) is 5.69 Å². The lowest BCUT2D eigenvalue weighted by atomic mass is 10.1. The van der Waals surface area contributed by atoms with E-state index >= 15 is 0 Å². The van der Waals surface area contributed by atoms with Crippen molar-refractivity contribution in [3.8, 4) is 11.5 Å². The molecule has 0 aliphatic rings. The van der Waals surface area contributed by atoms with E-state index in [0.717, 1.165) is 11.3 Å². The van der Waals surface area contributed by atoms with Crippen molar-refractivity contribution in [2.75, 3.05) is 19.5 Å². The number of ether oxygens (including phenoxy) is 2. The minimum atomic E-state index is -1.23. The number of carbonyl (C=O) groups is 2. The van der Waals surface area contributed by atoms with E-state index in [2.05, 4.69) is 5.32 Å². The third kappa shape index (κ3) is 3.11. The number of anilines is 1. The number of hydrogen-bond donors (Lipinski definition) is 2. The number of carboxylic acid groups (broad SMARTS) is 1. The summed E-state index contributed by atoms with van der Waals surface area (Å²) in [5.41, 5.74) is 0.398. The van der Waals surface area contributed by atoms with Gasteiger partial charge < -0.3 is 24.5 Å². The minimum absolute atomic E-state index is 0.0491. The summed E-state index contributed by atoms with van der Waals surface area (Å²) in [6, 6.07) is 2.62. The number of hydrogen-bond acceptors (Lipinski definition) is 6. The number of carboxylic acids is 1. The number of methoxy groups -OCH3 is 2. The van der Waals surface area contributed by atoms with E-state index in [1.165, 1.54) is 30.9 Å². The van der Waals surface area contributed by atoms with E-state index in [1.54, 1.807) is 14.0 Å². The molecule has 1 amide bonds. The van der Waals surface area contributed by atoms with Crippen LogP contribution >= 0.6 is 11.3 Å². The van der Waals surface area contributed by atoms with Gasteiger partial charge in [0.2, 0.25) is 0 Å². The molecule has 1 aromatic carbocycles. The van der Waals surface area contributed by atoms with E-state index < -0.39 is 11.9 Å². The van der Waals surface area contributed by atoms with E-state index in [0.29, 0.717) is 5.69 Å². The van der Waals surface area contributed by atoms with Crippen molar-refractivity contribution in [1.82, 2.24) is 4.57 Å². The third-order valence-corrected chi connectivity index (χ3v) is 4.64. The van der Waals surface area contributed by atoms with Crippen molar-refractivity contribution in [2.24, 2.45) is 7.05 Å². The number of thiazole rings is 1. The monoisotopic (exact) mass is 352 g/mol. The first kappa shape index (κ1) is 17.5. The second-order valence-corrected chi connectivity index (χ2v) is 5.82. The summed E-state index contributed by atoms with van der Waals surface area (Å²) in [6.45, 7) is 1.64. The van der Waals surface area contributed by atoms with Crippen LogP contribution in [0.2, 0.25) is 0 Å². The highest BCUT2D eigenvalue weighted by atomic mass is 32.1. The fourth-order valence-electron chi connectivity index (χ4n) is 2.07. The number of carbonyl (C=O) groups excluding carboxylic acids is 1. The number of nitrogens with one attached hydrogen (secondary N) is 1. The molecule has 0 bridgehead atoms. The second-order valence-electron chi connectivity index (χ2n) is 4.85. The lowest BCUT2D eigenvalue weighted by molar-refractivity contribution is 0.0697. The highest BCUT2D eigenvalue weighted by Crippen LogP contribution is 2.33. The Bertz CT molecular complexity index is 868. The molecule has 0 saturated heterocycles. The van der Waals surface area contributed by atoms with Crippen LogP contribution in [0.25, 0.3) is 0 Å². The van der Waals surface area contributed by atoms with Gasteiger partial charge in [-0.2, -0.15) is 0 Å². The van der Waals surface area contributed by atoms with Gasteiger partial charge in [-0.3, -0.25) is 9.59 Å². The van der Waals surface area contributed by atoms with Crippen LogP contribution in [0.15, 0.2) is 16.9 Å². The molecule has 8 nitrogen and oxygen atoms in total. The standard InChI is InChI=1S/C15H16N2O6S/c1-7-12(24-15(21)17(7)2)13(18)16-9-6-11(23-4)10(22-3)5-8(9)14(19)20/h5-6H,1-4H3,(H,16,18)(H,19,20). The van der Waals surface area contributed by atoms with Crippen molar-refractivity contribution >= 4 is 28.9 Å². The molecule has 1 heterocycles. The zero-order valence-electron chi connectivity index (χ0n) is 13.5. The Kier molecular flexibility index (Phi) is 4.93. The van der Waals surface area contributed by atoms with Gasteiger partial charge in [0.15, 0.2) is 11.5 Å². The van der Waals surface area contributed by atoms with Gasteiger partial charge in [-0.05, 0) is 6.92 Å². The second kappa shape index (κ2) is 6.75.